The smallest absolute Gasteiger partial charge is 0.240 e. The third-order valence-electron chi connectivity index (χ3n) is 12.4. The van der Waals surface area contributed by atoms with Crippen LogP contribution in [0.1, 0.15) is 86.5 Å². The maximum atomic E-state index is 14.1. The highest BCUT2D eigenvalue weighted by atomic mass is 16.6. The molecule has 9 unspecified atom stereocenters. The summed E-state index contributed by atoms with van der Waals surface area (Å²) in [5.74, 6) is 0.573. The average molecular weight is 480 g/mol. The second-order valence-electron chi connectivity index (χ2n) is 14.8. The number of nitriles is 1. The van der Waals surface area contributed by atoms with Crippen molar-refractivity contribution in [3.8, 4) is 6.07 Å². The minimum atomic E-state index is -1.36. The number of Topliss-reactive ketones (excluding diaryl/α,β-unsaturated/α-hetero) is 1. The Kier molecular flexibility index (Phi) is 4.55. The molecular formula is C30H41NO4. The summed E-state index contributed by atoms with van der Waals surface area (Å²) in [5, 5.41) is 20.6. The molecule has 6 rings (SSSR count). The molecule has 5 nitrogen and oxygen atoms in total. The van der Waals surface area contributed by atoms with E-state index in [9.17, 15) is 20.0 Å². The topological polar surface area (TPSA) is 90.7 Å². The highest BCUT2D eigenvalue weighted by Crippen LogP contribution is 2.74. The molecule has 5 aliphatic carbocycles. The van der Waals surface area contributed by atoms with Crippen molar-refractivity contribution in [1.82, 2.24) is 0 Å². The van der Waals surface area contributed by atoms with Gasteiger partial charge in [-0.25, -0.2) is 0 Å². The summed E-state index contributed by atoms with van der Waals surface area (Å²) in [6, 6.07) is 2.24. The molecule has 1 aliphatic heterocycles. The predicted octanol–water partition coefficient (Wildman–Crippen LogP) is 5.02. The Hall–Kier alpha value is -1.51. The van der Waals surface area contributed by atoms with Gasteiger partial charge in [0.05, 0.1) is 0 Å². The lowest BCUT2D eigenvalue weighted by atomic mass is 9.37. The van der Waals surface area contributed by atoms with Crippen molar-refractivity contribution >= 4 is 11.6 Å². The number of aliphatic hydroxyl groups is 1. The summed E-state index contributed by atoms with van der Waals surface area (Å²) in [6.07, 6.45) is 8.38. The van der Waals surface area contributed by atoms with Gasteiger partial charge in [-0.3, -0.25) is 9.59 Å². The molecular weight excluding hydrogens is 438 g/mol. The van der Waals surface area contributed by atoms with Gasteiger partial charge in [-0.05, 0) is 85.0 Å². The molecule has 1 N–H and O–H groups in total. The molecule has 1 heterocycles. The zero-order valence-corrected chi connectivity index (χ0v) is 22.2. The number of fused-ring (bicyclic) bond motifs is 9. The van der Waals surface area contributed by atoms with Gasteiger partial charge in [-0.2, -0.15) is 5.26 Å². The van der Waals surface area contributed by atoms with Crippen LogP contribution in [0, 0.1) is 62.1 Å². The van der Waals surface area contributed by atoms with Gasteiger partial charge in [0.1, 0.15) is 12.2 Å². The molecule has 0 aromatic carbocycles. The van der Waals surface area contributed by atoms with Crippen LogP contribution in [0.2, 0.25) is 0 Å². The molecule has 1 saturated heterocycles. The van der Waals surface area contributed by atoms with Gasteiger partial charge in [0.2, 0.25) is 5.60 Å². The van der Waals surface area contributed by atoms with Crippen molar-refractivity contribution in [1.29, 1.82) is 5.26 Å². The van der Waals surface area contributed by atoms with Crippen LogP contribution in [0.5, 0.6) is 0 Å². The summed E-state index contributed by atoms with van der Waals surface area (Å²) in [4.78, 5) is 27.5. The number of allylic oxidation sites excluding steroid dienone is 1. The van der Waals surface area contributed by atoms with E-state index in [1.807, 2.05) is 19.9 Å². The van der Waals surface area contributed by atoms with Crippen molar-refractivity contribution in [2.24, 2.45) is 50.7 Å². The standard InChI is InChI=1S/C30H41NO4/c1-25(2)11-12-29(16-32)10-7-17-22(18(29)14-25)19(33)13-21-27(17,5)9-8-20-26(3,4)23(34)30(15-31)24(35-30)28(20,21)6/h13,17-18,20,22,24,32H,7-12,14,16H2,1-6H3. The molecule has 0 radical (unpaired) electrons. The summed E-state index contributed by atoms with van der Waals surface area (Å²) >= 11 is 0. The fraction of sp³-hybridized carbons (Fsp3) is 0.833. The summed E-state index contributed by atoms with van der Waals surface area (Å²) in [5.41, 5.74) is -1.51. The summed E-state index contributed by atoms with van der Waals surface area (Å²) in [6.45, 7) is 13.3. The van der Waals surface area contributed by atoms with Crippen LogP contribution < -0.4 is 0 Å². The van der Waals surface area contributed by atoms with E-state index in [4.69, 9.17) is 4.74 Å². The second-order valence-corrected chi connectivity index (χ2v) is 14.8. The normalized spacial score (nSPS) is 53.1. The first-order valence-electron chi connectivity index (χ1n) is 13.7. The van der Waals surface area contributed by atoms with Gasteiger partial charge >= 0.3 is 0 Å². The number of aliphatic hydroxyl groups excluding tert-OH is 1. The van der Waals surface area contributed by atoms with E-state index in [1.165, 1.54) is 0 Å². The highest BCUT2D eigenvalue weighted by molar-refractivity contribution is 6.00. The minimum absolute atomic E-state index is 0.0499. The van der Waals surface area contributed by atoms with Crippen molar-refractivity contribution in [3.05, 3.63) is 11.6 Å². The average Bonchev–Trinajstić information content (AvgIpc) is 3.56. The maximum Gasteiger partial charge on any atom is 0.240 e. The van der Waals surface area contributed by atoms with Crippen LogP contribution in [0.25, 0.3) is 0 Å². The zero-order chi connectivity index (χ0) is 25.4. The van der Waals surface area contributed by atoms with Gasteiger partial charge < -0.3 is 9.84 Å². The Labute approximate surface area is 209 Å². The van der Waals surface area contributed by atoms with Crippen LogP contribution in [0.4, 0.5) is 0 Å². The lowest BCUT2D eigenvalue weighted by Gasteiger charge is -2.65. The Balaban J connectivity index is 1.48. The van der Waals surface area contributed by atoms with Gasteiger partial charge in [0.25, 0.3) is 0 Å². The first-order valence-corrected chi connectivity index (χ1v) is 13.7. The lowest BCUT2D eigenvalue weighted by molar-refractivity contribution is -0.157. The fourth-order valence-electron chi connectivity index (χ4n) is 10.5. The molecule has 0 bridgehead atoms. The van der Waals surface area contributed by atoms with Crippen LogP contribution in [0.3, 0.4) is 0 Å². The van der Waals surface area contributed by atoms with Crippen LogP contribution in [-0.4, -0.2) is 35.0 Å². The summed E-state index contributed by atoms with van der Waals surface area (Å²) < 4.78 is 6.05. The number of epoxide rings is 1. The van der Waals surface area contributed by atoms with Crippen molar-refractivity contribution in [2.75, 3.05) is 6.61 Å². The van der Waals surface area contributed by atoms with E-state index in [0.717, 1.165) is 50.5 Å². The fourth-order valence-corrected chi connectivity index (χ4v) is 10.5. The Bertz CT molecular complexity index is 1100. The van der Waals surface area contributed by atoms with E-state index in [-0.39, 0.29) is 58.1 Å². The highest BCUT2D eigenvalue weighted by Gasteiger charge is 2.81. The van der Waals surface area contributed by atoms with Gasteiger partial charge in [0, 0.05) is 23.4 Å². The van der Waals surface area contributed by atoms with Crippen LogP contribution >= 0.6 is 0 Å². The minimum Gasteiger partial charge on any atom is -0.396 e. The Morgan fingerprint density at radius 3 is 2.40 bits per heavy atom. The molecule has 5 fully saturated rings. The zero-order valence-electron chi connectivity index (χ0n) is 22.2. The molecule has 9 atom stereocenters. The number of hydrogen-bond donors (Lipinski definition) is 1. The van der Waals surface area contributed by atoms with Crippen molar-refractivity contribution in [2.45, 2.75) is 98.2 Å². The lowest BCUT2D eigenvalue weighted by Crippen LogP contribution is -2.64. The van der Waals surface area contributed by atoms with E-state index < -0.39 is 22.5 Å². The first kappa shape index (κ1) is 23.9. The van der Waals surface area contributed by atoms with Gasteiger partial charge in [-0.15, -0.1) is 0 Å². The SMILES string of the molecule is CC1(C)CCC2(CO)CCC3C(C(=O)C=C4C3(C)CCC3C(C)(C)C(=O)C5(C#N)OC5C43C)C2C1. The number of carbonyl (C=O) groups excluding carboxylic acids is 2. The molecule has 35 heavy (non-hydrogen) atoms. The van der Waals surface area contributed by atoms with E-state index in [1.54, 1.807) is 0 Å². The number of rotatable bonds is 1. The molecule has 4 saturated carbocycles. The third-order valence-corrected chi connectivity index (χ3v) is 12.4. The van der Waals surface area contributed by atoms with Gasteiger partial charge in [-0.1, -0.05) is 47.1 Å². The van der Waals surface area contributed by atoms with Crippen molar-refractivity contribution in [3.63, 3.8) is 0 Å². The molecule has 0 amide bonds. The van der Waals surface area contributed by atoms with Gasteiger partial charge in [0.15, 0.2) is 11.6 Å². The van der Waals surface area contributed by atoms with E-state index in [0.29, 0.717) is 0 Å². The first-order chi connectivity index (χ1) is 16.2. The number of carbonyl (C=O) groups is 2. The molecule has 0 aromatic heterocycles. The number of ether oxygens (including phenoxy) is 1. The Morgan fingerprint density at radius 2 is 1.74 bits per heavy atom. The molecule has 0 aromatic rings. The molecule has 5 heteroatoms. The van der Waals surface area contributed by atoms with Crippen LogP contribution in [0.15, 0.2) is 11.6 Å². The predicted molar refractivity (Wildman–Crippen MR) is 131 cm³/mol. The van der Waals surface area contributed by atoms with Crippen molar-refractivity contribution < 1.29 is 19.4 Å². The Morgan fingerprint density at radius 1 is 1.03 bits per heavy atom. The third kappa shape index (κ3) is 2.61. The molecule has 190 valence electrons. The monoisotopic (exact) mass is 479 g/mol. The van der Waals surface area contributed by atoms with Crippen LogP contribution in [-0.2, 0) is 14.3 Å². The number of hydrogen-bond acceptors (Lipinski definition) is 5. The number of ketones is 2. The largest absolute Gasteiger partial charge is 0.396 e. The second kappa shape index (κ2) is 6.67. The summed E-state index contributed by atoms with van der Waals surface area (Å²) in [7, 11) is 0. The van der Waals surface area contributed by atoms with E-state index in [2.05, 4.69) is 33.8 Å². The molecule has 0 spiro atoms. The number of nitrogens with zero attached hydrogens (tertiary/aromatic N) is 1. The molecule has 6 aliphatic rings. The maximum absolute atomic E-state index is 14.1. The van der Waals surface area contributed by atoms with E-state index >= 15 is 0 Å². The quantitative estimate of drug-likeness (QED) is 0.533.